The Balaban J connectivity index is 1.65. The first kappa shape index (κ1) is 24.3. The molecule has 5 nitrogen and oxygen atoms in total. The van der Waals surface area contributed by atoms with E-state index in [1.807, 2.05) is 32.0 Å². The normalized spacial score (nSPS) is 10.7. The van der Waals surface area contributed by atoms with Gasteiger partial charge in [0.25, 0.3) is 0 Å². The van der Waals surface area contributed by atoms with Crippen LogP contribution in [0, 0.1) is 5.92 Å². The summed E-state index contributed by atoms with van der Waals surface area (Å²) in [5.74, 6) is 0.519. The number of ketones is 2. The van der Waals surface area contributed by atoms with Crippen LogP contribution in [0.1, 0.15) is 69.2 Å². The molecule has 0 aliphatic heterocycles. The summed E-state index contributed by atoms with van der Waals surface area (Å²) in [7, 11) is 0. The number of esters is 1. The number of hydrogen-bond donors (Lipinski definition) is 0. The summed E-state index contributed by atoms with van der Waals surface area (Å²) in [5, 5.41) is 0. The van der Waals surface area contributed by atoms with E-state index in [2.05, 4.69) is 0 Å². The van der Waals surface area contributed by atoms with Crippen molar-refractivity contribution in [1.29, 1.82) is 0 Å². The minimum Gasteiger partial charge on any atom is -0.494 e. The molecule has 0 amide bonds. The molecule has 0 spiro atoms. The van der Waals surface area contributed by atoms with Crippen molar-refractivity contribution in [2.75, 3.05) is 6.61 Å². The van der Waals surface area contributed by atoms with Gasteiger partial charge in [0.2, 0.25) is 0 Å². The van der Waals surface area contributed by atoms with Crippen LogP contribution in [0.15, 0.2) is 54.6 Å². The second kappa shape index (κ2) is 13.4. The fourth-order valence-corrected chi connectivity index (χ4v) is 3.33. The Labute approximate surface area is 184 Å². The molecule has 0 N–H and O–H groups in total. The summed E-state index contributed by atoms with van der Waals surface area (Å²) in [4.78, 5) is 36.0. The molecule has 2 aromatic carbocycles. The van der Waals surface area contributed by atoms with E-state index >= 15 is 0 Å². The first-order valence-electron chi connectivity index (χ1n) is 11.1. The number of carbonyl (C=O) groups excluding carboxylic acids is 3. The van der Waals surface area contributed by atoms with Crippen molar-refractivity contribution >= 4 is 17.5 Å². The largest absolute Gasteiger partial charge is 0.494 e. The lowest BCUT2D eigenvalue weighted by Gasteiger charge is -2.13. The van der Waals surface area contributed by atoms with E-state index in [1.54, 1.807) is 36.4 Å². The SMILES string of the molecule is CCC(=O)C(CCCCCCOc1ccc(C(=O)Oc2ccccc2)cc1)C(=O)CC. The minimum atomic E-state index is -0.418. The highest BCUT2D eigenvalue weighted by molar-refractivity contribution is 6.02. The third kappa shape index (κ3) is 8.36. The Morgan fingerprint density at radius 3 is 1.97 bits per heavy atom. The standard InChI is InChI=1S/C26H32O5/c1-3-24(27)23(25(28)4-2)14-10-5-6-11-19-30-21-17-15-20(16-18-21)26(29)31-22-12-8-7-9-13-22/h7-9,12-13,15-18,23H,3-6,10-11,14,19H2,1-2H3. The third-order valence-corrected chi connectivity index (χ3v) is 5.17. The minimum absolute atomic E-state index is 0.0614. The Bertz CT molecular complexity index is 811. The van der Waals surface area contributed by atoms with E-state index in [0.717, 1.165) is 25.7 Å². The van der Waals surface area contributed by atoms with Crippen LogP contribution in [0.5, 0.6) is 11.5 Å². The first-order chi connectivity index (χ1) is 15.0. The highest BCUT2D eigenvalue weighted by atomic mass is 16.5. The van der Waals surface area contributed by atoms with Crippen LogP contribution >= 0.6 is 0 Å². The van der Waals surface area contributed by atoms with Gasteiger partial charge in [-0.25, -0.2) is 4.79 Å². The van der Waals surface area contributed by atoms with Crippen LogP contribution in [0.25, 0.3) is 0 Å². The summed E-state index contributed by atoms with van der Waals surface area (Å²) in [5.41, 5.74) is 0.467. The summed E-state index contributed by atoms with van der Waals surface area (Å²) < 4.78 is 11.1. The number of rotatable bonds is 14. The van der Waals surface area contributed by atoms with Gasteiger partial charge in [0.15, 0.2) is 0 Å². The maximum atomic E-state index is 12.2. The van der Waals surface area contributed by atoms with E-state index in [1.165, 1.54) is 0 Å². The van der Waals surface area contributed by atoms with Crippen molar-refractivity contribution < 1.29 is 23.9 Å². The average Bonchev–Trinajstić information content (AvgIpc) is 2.81. The molecule has 5 heteroatoms. The highest BCUT2D eigenvalue weighted by Crippen LogP contribution is 2.18. The van der Waals surface area contributed by atoms with Gasteiger partial charge >= 0.3 is 5.97 Å². The molecular formula is C26H32O5. The predicted molar refractivity (Wildman–Crippen MR) is 121 cm³/mol. The lowest BCUT2D eigenvalue weighted by Crippen LogP contribution is -2.22. The summed E-state index contributed by atoms with van der Waals surface area (Å²) >= 11 is 0. The number of Topliss-reactive ketones (excluding diaryl/α,β-unsaturated/α-hetero) is 2. The van der Waals surface area contributed by atoms with E-state index in [0.29, 0.717) is 42.9 Å². The van der Waals surface area contributed by atoms with Gasteiger partial charge in [-0.2, -0.15) is 0 Å². The van der Waals surface area contributed by atoms with Gasteiger partial charge < -0.3 is 9.47 Å². The van der Waals surface area contributed by atoms with Gasteiger partial charge in [-0.05, 0) is 49.2 Å². The summed E-state index contributed by atoms with van der Waals surface area (Å²) in [6.07, 6.45) is 5.22. The van der Waals surface area contributed by atoms with Crippen molar-refractivity contribution in [1.82, 2.24) is 0 Å². The Kier molecular flexibility index (Phi) is 10.5. The molecule has 0 aliphatic rings. The van der Waals surface area contributed by atoms with Crippen LogP contribution in [-0.4, -0.2) is 24.1 Å². The number of benzene rings is 2. The molecule has 166 valence electrons. The lowest BCUT2D eigenvalue weighted by atomic mass is 9.90. The van der Waals surface area contributed by atoms with Crippen LogP contribution in [0.3, 0.4) is 0 Å². The molecule has 0 aromatic heterocycles. The molecule has 0 radical (unpaired) electrons. The van der Waals surface area contributed by atoms with Crippen molar-refractivity contribution in [2.45, 2.75) is 58.8 Å². The van der Waals surface area contributed by atoms with Crippen molar-refractivity contribution in [3.05, 3.63) is 60.2 Å². The molecular weight excluding hydrogens is 392 g/mol. The zero-order valence-corrected chi connectivity index (χ0v) is 18.5. The van der Waals surface area contributed by atoms with Gasteiger partial charge in [-0.1, -0.05) is 51.3 Å². The van der Waals surface area contributed by atoms with E-state index in [-0.39, 0.29) is 11.6 Å². The van der Waals surface area contributed by atoms with Gasteiger partial charge in [-0.3, -0.25) is 9.59 Å². The second-order valence-electron chi connectivity index (χ2n) is 7.47. The molecule has 31 heavy (non-hydrogen) atoms. The number of carbonyl (C=O) groups is 3. The molecule has 0 saturated heterocycles. The number of ether oxygens (including phenoxy) is 2. The molecule has 2 rings (SSSR count). The topological polar surface area (TPSA) is 69.7 Å². The Hall–Kier alpha value is -2.95. The zero-order chi connectivity index (χ0) is 22.5. The van der Waals surface area contributed by atoms with Crippen LogP contribution in [-0.2, 0) is 9.59 Å². The second-order valence-corrected chi connectivity index (χ2v) is 7.47. The van der Waals surface area contributed by atoms with Gasteiger partial charge in [-0.15, -0.1) is 0 Å². The van der Waals surface area contributed by atoms with Gasteiger partial charge in [0.1, 0.15) is 23.1 Å². The quantitative estimate of drug-likeness (QED) is 0.166. The zero-order valence-electron chi connectivity index (χ0n) is 18.5. The smallest absolute Gasteiger partial charge is 0.343 e. The summed E-state index contributed by atoms with van der Waals surface area (Å²) in [6, 6.07) is 15.9. The number of unbranched alkanes of at least 4 members (excludes halogenated alkanes) is 3. The molecule has 0 atom stereocenters. The molecule has 0 unspecified atom stereocenters. The van der Waals surface area contributed by atoms with Crippen molar-refractivity contribution in [3.8, 4) is 11.5 Å². The molecule has 0 saturated carbocycles. The van der Waals surface area contributed by atoms with Crippen molar-refractivity contribution in [3.63, 3.8) is 0 Å². The molecule has 2 aromatic rings. The van der Waals surface area contributed by atoms with E-state index in [4.69, 9.17) is 9.47 Å². The Morgan fingerprint density at radius 1 is 0.742 bits per heavy atom. The van der Waals surface area contributed by atoms with Crippen LogP contribution in [0.2, 0.25) is 0 Å². The fourth-order valence-electron chi connectivity index (χ4n) is 3.33. The van der Waals surface area contributed by atoms with E-state index in [9.17, 15) is 14.4 Å². The average molecular weight is 425 g/mol. The maximum absolute atomic E-state index is 12.2. The van der Waals surface area contributed by atoms with Gasteiger partial charge in [0.05, 0.1) is 18.1 Å². The van der Waals surface area contributed by atoms with E-state index < -0.39 is 11.9 Å². The molecule has 0 aliphatic carbocycles. The molecule has 0 fully saturated rings. The lowest BCUT2D eigenvalue weighted by molar-refractivity contribution is -0.132. The number of hydrogen-bond acceptors (Lipinski definition) is 5. The predicted octanol–water partition coefficient (Wildman–Crippen LogP) is 5.81. The highest BCUT2D eigenvalue weighted by Gasteiger charge is 2.22. The monoisotopic (exact) mass is 424 g/mol. The Morgan fingerprint density at radius 2 is 1.35 bits per heavy atom. The third-order valence-electron chi connectivity index (χ3n) is 5.17. The first-order valence-corrected chi connectivity index (χ1v) is 11.1. The maximum Gasteiger partial charge on any atom is 0.343 e. The number of para-hydroxylation sites is 1. The van der Waals surface area contributed by atoms with Crippen LogP contribution < -0.4 is 9.47 Å². The van der Waals surface area contributed by atoms with Crippen LogP contribution in [0.4, 0.5) is 0 Å². The summed E-state index contributed by atoms with van der Waals surface area (Å²) in [6.45, 7) is 4.21. The fraction of sp³-hybridized carbons (Fsp3) is 0.423. The van der Waals surface area contributed by atoms with Gasteiger partial charge in [0, 0.05) is 12.8 Å². The van der Waals surface area contributed by atoms with Crippen molar-refractivity contribution in [2.24, 2.45) is 5.92 Å². The molecule has 0 bridgehead atoms. The molecule has 0 heterocycles.